The number of halogens is 1. The molecule has 2 aliphatic rings. The first kappa shape index (κ1) is 27.4. The standard InChI is InChI=1S/C29H37FN6O3/c1-21(2)28-25(16-31-19-33-28)24-15-23(30)3-4-26(24)39-27-17-32-20-34-29(27)36-9-7-35(8-10-36)18-22-5-11-37-13-14-38-12-6-22/h3-4,15-17,19-22H,5-14,18H2,1-2H3. The van der Waals surface area contributed by atoms with Gasteiger partial charge in [0, 0.05) is 63.3 Å². The monoisotopic (exact) mass is 536 g/mol. The normalized spacial score (nSPS) is 18.0. The molecule has 0 unspecified atom stereocenters. The van der Waals surface area contributed by atoms with Gasteiger partial charge in [-0.2, -0.15) is 0 Å². The third-order valence-electron chi connectivity index (χ3n) is 7.30. The third kappa shape index (κ3) is 7.06. The molecule has 0 saturated carbocycles. The van der Waals surface area contributed by atoms with Crippen molar-refractivity contribution in [1.82, 2.24) is 24.8 Å². The molecule has 0 spiro atoms. The second kappa shape index (κ2) is 13.2. The van der Waals surface area contributed by atoms with Gasteiger partial charge in [-0.15, -0.1) is 0 Å². The van der Waals surface area contributed by atoms with E-state index in [-0.39, 0.29) is 11.7 Å². The van der Waals surface area contributed by atoms with E-state index in [0.717, 1.165) is 75.9 Å². The summed E-state index contributed by atoms with van der Waals surface area (Å²) in [7, 11) is 0. The van der Waals surface area contributed by atoms with E-state index in [4.69, 9.17) is 14.2 Å². The van der Waals surface area contributed by atoms with E-state index < -0.39 is 0 Å². The SMILES string of the molecule is CC(C)c1ncncc1-c1cc(F)ccc1Oc1cncnc1N1CCN(CC2CCOCCOCC2)CC1. The summed E-state index contributed by atoms with van der Waals surface area (Å²) in [5.41, 5.74) is 2.18. The highest BCUT2D eigenvalue weighted by atomic mass is 19.1. The van der Waals surface area contributed by atoms with E-state index in [1.54, 1.807) is 24.8 Å². The summed E-state index contributed by atoms with van der Waals surface area (Å²) in [5, 5.41) is 0. The van der Waals surface area contributed by atoms with Crippen LogP contribution in [0.1, 0.15) is 38.3 Å². The quantitative estimate of drug-likeness (QED) is 0.432. The van der Waals surface area contributed by atoms with E-state index in [2.05, 4.69) is 43.6 Å². The van der Waals surface area contributed by atoms with Gasteiger partial charge < -0.3 is 19.1 Å². The van der Waals surface area contributed by atoms with Gasteiger partial charge >= 0.3 is 0 Å². The van der Waals surface area contributed by atoms with Crippen molar-refractivity contribution in [2.75, 3.05) is 64.1 Å². The summed E-state index contributed by atoms with van der Waals surface area (Å²) >= 11 is 0. The van der Waals surface area contributed by atoms with E-state index in [1.807, 2.05) is 0 Å². The summed E-state index contributed by atoms with van der Waals surface area (Å²) in [6, 6.07) is 4.50. The zero-order valence-electron chi connectivity index (χ0n) is 22.8. The van der Waals surface area contributed by atoms with Crippen molar-refractivity contribution in [3.63, 3.8) is 0 Å². The third-order valence-corrected chi connectivity index (χ3v) is 7.30. The van der Waals surface area contributed by atoms with Gasteiger partial charge in [-0.1, -0.05) is 13.8 Å². The Hall–Kier alpha value is -3.21. The molecule has 2 saturated heterocycles. The fraction of sp³-hybridized carbons (Fsp3) is 0.517. The summed E-state index contributed by atoms with van der Waals surface area (Å²) in [5.74, 6) is 2.13. The van der Waals surface area contributed by atoms with E-state index >= 15 is 0 Å². The van der Waals surface area contributed by atoms with Gasteiger partial charge in [0.2, 0.25) is 0 Å². The van der Waals surface area contributed by atoms with Crippen molar-refractivity contribution < 1.29 is 18.6 Å². The zero-order valence-corrected chi connectivity index (χ0v) is 22.8. The molecule has 1 aromatic carbocycles. The molecule has 5 rings (SSSR count). The van der Waals surface area contributed by atoms with Gasteiger partial charge in [0.15, 0.2) is 11.6 Å². The van der Waals surface area contributed by atoms with E-state index in [9.17, 15) is 4.39 Å². The topological polar surface area (TPSA) is 85.7 Å². The number of nitrogens with zero attached hydrogens (tertiary/aromatic N) is 6. The minimum atomic E-state index is -0.352. The van der Waals surface area contributed by atoms with Gasteiger partial charge in [0.25, 0.3) is 0 Å². The molecular formula is C29H37FN6O3. The second-order valence-electron chi connectivity index (χ2n) is 10.4. The second-order valence-corrected chi connectivity index (χ2v) is 10.4. The van der Waals surface area contributed by atoms with Crippen molar-refractivity contribution in [2.24, 2.45) is 5.92 Å². The molecule has 10 heteroatoms. The maximum Gasteiger partial charge on any atom is 0.188 e. The highest BCUT2D eigenvalue weighted by molar-refractivity contribution is 5.73. The Balaban J connectivity index is 1.30. The summed E-state index contributed by atoms with van der Waals surface area (Å²) < 4.78 is 32.1. The van der Waals surface area contributed by atoms with Gasteiger partial charge in [0.1, 0.15) is 24.2 Å². The highest BCUT2D eigenvalue weighted by Gasteiger charge is 2.24. The Kier molecular flexibility index (Phi) is 9.28. The smallest absolute Gasteiger partial charge is 0.188 e. The maximum absolute atomic E-state index is 14.4. The van der Waals surface area contributed by atoms with E-state index in [0.29, 0.717) is 36.2 Å². The molecule has 208 valence electrons. The number of aromatic nitrogens is 4. The van der Waals surface area contributed by atoms with Crippen LogP contribution in [-0.4, -0.2) is 84.0 Å². The number of anilines is 1. The van der Waals surface area contributed by atoms with Crippen molar-refractivity contribution >= 4 is 5.82 Å². The number of ether oxygens (including phenoxy) is 3. The van der Waals surface area contributed by atoms with Gasteiger partial charge in [0.05, 0.1) is 25.1 Å². The van der Waals surface area contributed by atoms with Gasteiger partial charge in [-0.3, -0.25) is 4.90 Å². The summed E-state index contributed by atoms with van der Waals surface area (Å²) in [6.45, 7) is 11.6. The number of hydrogen-bond acceptors (Lipinski definition) is 9. The Morgan fingerprint density at radius 1 is 0.897 bits per heavy atom. The molecular weight excluding hydrogens is 499 g/mol. The lowest BCUT2D eigenvalue weighted by Gasteiger charge is -2.37. The zero-order chi connectivity index (χ0) is 27.0. The van der Waals surface area contributed by atoms with Crippen LogP contribution in [-0.2, 0) is 9.47 Å². The molecule has 0 N–H and O–H groups in total. The predicted molar refractivity (Wildman–Crippen MR) is 147 cm³/mol. The Morgan fingerprint density at radius 3 is 2.36 bits per heavy atom. The van der Waals surface area contributed by atoms with E-state index in [1.165, 1.54) is 18.5 Å². The molecule has 0 atom stereocenters. The highest BCUT2D eigenvalue weighted by Crippen LogP contribution is 2.39. The van der Waals surface area contributed by atoms with Crippen LogP contribution < -0.4 is 9.64 Å². The lowest BCUT2D eigenvalue weighted by atomic mass is 9.98. The molecule has 39 heavy (non-hydrogen) atoms. The van der Waals surface area contributed by atoms with Crippen LogP contribution in [0.25, 0.3) is 11.1 Å². The molecule has 2 fully saturated rings. The molecule has 0 radical (unpaired) electrons. The van der Waals surface area contributed by atoms with Crippen molar-refractivity contribution in [2.45, 2.75) is 32.6 Å². The molecule has 2 aromatic heterocycles. The largest absolute Gasteiger partial charge is 0.451 e. The average Bonchev–Trinajstić information content (AvgIpc) is 3.09. The Morgan fingerprint density at radius 2 is 1.62 bits per heavy atom. The predicted octanol–water partition coefficient (Wildman–Crippen LogP) is 4.55. The van der Waals surface area contributed by atoms with Crippen LogP contribution in [0.2, 0.25) is 0 Å². The molecule has 0 aliphatic carbocycles. The van der Waals surface area contributed by atoms with Crippen LogP contribution in [0.15, 0.2) is 43.2 Å². The minimum absolute atomic E-state index is 0.137. The first-order valence-corrected chi connectivity index (χ1v) is 13.8. The molecule has 9 nitrogen and oxygen atoms in total. The lowest BCUT2D eigenvalue weighted by molar-refractivity contribution is 0.0584. The van der Waals surface area contributed by atoms with Crippen molar-refractivity contribution in [3.8, 4) is 22.6 Å². The van der Waals surface area contributed by atoms with Gasteiger partial charge in [-0.25, -0.2) is 24.3 Å². The van der Waals surface area contributed by atoms with Crippen molar-refractivity contribution in [3.05, 3.63) is 54.8 Å². The number of piperazine rings is 1. The molecule has 4 heterocycles. The first-order valence-electron chi connectivity index (χ1n) is 13.8. The fourth-order valence-corrected chi connectivity index (χ4v) is 5.20. The summed E-state index contributed by atoms with van der Waals surface area (Å²) in [6.07, 6.45) is 8.57. The number of hydrogen-bond donors (Lipinski definition) is 0. The van der Waals surface area contributed by atoms with Crippen molar-refractivity contribution in [1.29, 1.82) is 0 Å². The van der Waals surface area contributed by atoms with Crippen LogP contribution in [0, 0.1) is 11.7 Å². The summed E-state index contributed by atoms with van der Waals surface area (Å²) in [4.78, 5) is 22.2. The fourth-order valence-electron chi connectivity index (χ4n) is 5.20. The van der Waals surface area contributed by atoms with Crippen LogP contribution in [0.3, 0.4) is 0 Å². The molecule has 0 amide bonds. The minimum Gasteiger partial charge on any atom is -0.451 e. The molecule has 0 bridgehead atoms. The Labute approximate surface area is 229 Å². The molecule has 2 aliphatic heterocycles. The number of benzene rings is 1. The van der Waals surface area contributed by atoms with Crippen LogP contribution in [0.5, 0.6) is 11.5 Å². The average molecular weight is 537 g/mol. The number of rotatable bonds is 7. The van der Waals surface area contributed by atoms with Gasteiger partial charge in [-0.05, 0) is 42.9 Å². The van der Waals surface area contributed by atoms with Crippen LogP contribution >= 0.6 is 0 Å². The first-order chi connectivity index (χ1) is 19.1. The Bertz CT molecular complexity index is 1210. The van der Waals surface area contributed by atoms with Crippen LogP contribution in [0.4, 0.5) is 10.2 Å². The lowest BCUT2D eigenvalue weighted by Crippen LogP contribution is -2.48. The maximum atomic E-state index is 14.4. The molecule has 3 aromatic rings.